The van der Waals surface area contributed by atoms with Crippen molar-refractivity contribution < 1.29 is 8.42 Å². The Bertz CT molecular complexity index is 614. The molecule has 1 aliphatic carbocycles. The van der Waals surface area contributed by atoms with Gasteiger partial charge in [-0.2, -0.15) is 9.98 Å². The first-order chi connectivity index (χ1) is 9.47. The number of nitrogens with one attached hydrogen (secondary N) is 1. The molecule has 2 rings (SSSR count). The number of rotatable bonds is 3. The number of benzene rings is 1. The lowest BCUT2D eigenvalue weighted by atomic mass is 9.94. The van der Waals surface area contributed by atoms with Gasteiger partial charge in [0.1, 0.15) is 5.54 Å². The second-order valence-corrected chi connectivity index (χ2v) is 7.29. The summed E-state index contributed by atoms with van der Waals surface area (Å²) in [6.07, 6.45) is 4.94. The topological polar surface area (TPSA) is 70.0 Å². The van der Waals surface area contributed by atoms with Crippen molar-refractivity contribution in [2.45, 2.75) is 49.0 Å². The molecular formula is C14H17ClN2O2S. The van der Waals surface area contributed by atoms with Gasteiger partial charge in [0, 0.05) is 5.02 Å². The fourth-order valence-corrected chi connectivity index (χ4v) is 4.20. The summed E-state index contributed by atoms with van der Waals surface area (Å²) in [5, 5.41) is 9.79. The van der Waals surface area contributed by atoms with E-state index in [9.17, 15) is 13.7 Å². The van der Waals surface area contributed by atoms with Crippen LogP contribution in [0.25, 0.3) is 0 Å². The Hall–Kier alpha value is -1.09. The molecule has 1 saturated carbocycles. The molecule has 1 fully saturated rings. The van der Waals surface area contributed by atoms with Crippen molar-refractivity contribution in [2.24, 2.45) is 0 Å². The number of hydrogen-bond donors (Lipinski definition) is 1. The molecule has 0 aliphatic heterocycles. The number of sulfonamides is 1. The minimum Gasteiger partial charge on any atom is -0.207 e. The summed E-state index contributed by atoms with van der Waals surface area (Å²) in [7, 11) is -3.73. The van der Waals surface area contributed by atoms with Gasteiger partial charge < -0.3 is 0 Å². The third-order valence-corrected chi connectivity index (χ3v) is 5.38. The van der Waals surface area contributed by atoms with E-state index in [0.717, 1.165) is 25.7 Å². The van der Waals surface area contributed by atoms with Gasteiger partial charge in [-0.1, -0.05) is 43.4 Å². The standard InChI is InChI=1S/C14H17ClN2O2S/c15-12-6-5-7-13(10-12)20(18,19)17-14(11-16)8-3-1-2-4-9-14/h5-7,10,17H,1-4,8-9H2. The number of halogens is 1. The maximum atomic E-state index is 12.4. The molecule has 1 aromatic rings. The molecule has 0 atom stereocenters. The van der Waals surface area contributed by atoms with Crippen LogP contribution < -0.4 is 4.72 Å². The molecule has 1 aliphatic rings. The van der Waals surface area contributed by atoms with Crippen molar-refractivity contribution in [3.63, 3.8) is 0 Å². The van der Waals surface area contributed by atoms with E-state index in [-0.39, 0.29) is 4.90 Å². The molecule has 0 radical (unpaired) electrons. The molecule has 20 heavy (non-hydrogen) atoms. The highest BCUT2D eigenvalue weighted by Crippen LogP contribution is 2.28. The predicted octanol–water partition coefficient (Wildman–Crippen LogP) is 3.23. The van der Waals surface area contributed by atoms with Crippen LogP contribution in [0.5, 0.6) is 0 Å². The summed E-state index contributed by atoms with van der Waals surface area (Å²) in [5.41, 5.74) is -0.988. The normalized spacial score (nSPS) is 19.0. The van der Waals surface area contributed by atoms with Crippen LogP contribution in [0, 0.1) is 11.3 Å². The van der Waals surface area contributed by atoms with E-state index in [1.807, 2.05) is 0 Å². The smallest absolute Gasteiger partial charge is 0.207 e. The molecule has 0 heterocycles. The molecule has 0 saturated heterocycles. The minimum atomic E-state index is -3.73. The monoisotopic (exact) mass is 312 g/mol. The van der Waals surface area contributed by atoms with E-state index in [2.05, 4.69) is 10.8 Å². The molecule has 6 heteroatoms. The molecule has 1 aromatic carbocycles. The van der Waals surface area contributed by atoms with Crippen molar-refractivity contribution in [1.29, 1.82) is 5.26 Å². The van der Waals surface area contributed by atoms with E-state index in [1.54, 1.807) is 12.1 Å². The van der Waals surface area contributed by atoms with Gasteiger partial charge in [-0.3, -0.25) is 0 Å². The SMILES string of the molecule is N#CC1(NS(=O)(=O)c2cccc(Cl)c2)CCCCCC1. The predicted molar refractivity (Wildman–Crippen MR) is 77.8 cm³/mol. The Morgan fingerprint density at radius 3 is 2.40 bits per heavy atom. The number of nitrogens with zero attached hydrogens (tertiary/aromatic N) is 1. The van der Waals surface area contributed by atoms with Crippen molar-refractivity contribution in [3.8, 4) is 6.07 Å². The van der Waals surface area contributed by atoms with Gasteiger partial charge in [0.25, 0.3) is 0 Å². The molecule has 0 amide bonds. The lowest BCUT2D eigenvalue weighted by molar-refractivity contribution is 0.422. The summed E-state index contributed by atoms with van der Waals surface area (Å²) in [6, 6.07) is 8.25. The van der Waals surface area contributed by atoms with Gasteiger partial charge in [-0.15, -0.1) is 0 Å². The first-order valence-corrected chi connectivity index (χ1v) is 8.54. The Labute approximate surface area is 124 Å². The summed E-state index contributed by atoms with van der Waals surface area (Å²) < 4.78 is 27.4. The first kappa shape index (κ1) is 15.3. The number of hydrogen-bond acceptors (Lipinski definition) is 3. The fourth-order valence-electron chi connectivity index (χ4n) is 2.52. The van der Waals surface area contributed by atoms with Crippen LogP contribution in [0.1, 0.15) is 38.5 Å². The van der Waals surface area contributed by atoms with E-state index in [1.165, 1.54) is 12.1 Å². The van der Waals surface area contributed by atoms with Crippen LogP contribution in [-0.2, 0) is 10.0 Å². The maximum absolute atomic E-state index is 12.4. The van der Waals surface area contributed by atoms with E-state index in [0.29, 0.717) is 17.9 Å². The number of nitriles is 1. The van der Waals surface area contributed by atoms with Crippen LogP contribution in [0.15, 0.2) is 29.2 Å². The zero-order valence-corrected chi connectivity index (χ0v) is 12.7. The van der Waals surface area contributed by atoms with Crippen LogP contribution in [0.2, 0.25) is 5.02 Å². The lowest BCUT2D eigenvalue weighted by Crippen LogP contribution is -2.46. The zero-order valence-electron chi connectivity index (χ0n) is 11.1. The van der Waals surface area contributed by atoms with E-state index >= 15 is 0 Å². The highest BCUT2D eigenvalue weighted by molar-refractivity contribution is 7.89. The zero-order chi connectivity index (χ0) is 14.6. The van der Waals surface area contributed by atoms with Crippen LogP contribution in [-0.4, -0.2) is 14.0 Å². The van der Waals surface area contributed by atoms with Crippen LogP contribution in [0.3, 0.4) is 0 Å². The molecule has 4 nitrogen and oxygen atoms in total. The van der Waals surface area contributed by atoms with Crippen LogP contribution in [0.4, 0.5) is 0 Å². The van der Waals surface area contributed by atoms with Crippen molar-refractivity contribution in [1.82, 2.24) is 4.72 Å². The second-order valence-electron chi connectivity index (χ2n) is 5.17. The molecule has 0 spiro atoms. The Morgan fingerprint density at radius 2 is 1.85 bits per heavy atom. The Balaban J connectivity index is 2.28. The summed E-state index contributed by atoms with van der Waals surface area (Å²) >= 11 is 5.83. The van der Waals surface area contributed by atoms with Crippen molar-refractivity contribution >= 4 is 21.6 Å². The highest BCUT2D eigenvalue weighted by Gasteiger charge is 2.35. The van der Waals surface area contributed by atoms with Gasteiger partial charge in [-0.25, -0.2) is 8.42 Å². The fraction of sp³-hybridized carbons (Fsp3) is 0.500. The average molecular weight is 313 g/mol. The van der Waals surface area contributed by atoms with Crippen molar-refractivity contribution in [3.05, 3.63) is 29.3 Å². The average Bonchev–Trinajstić information content (AvgIpc) is 2.64. The summed E-state index contributed by atoms with van der Waals surface area (Å²) in [5.74, 6) is 0. The van der Waals surface area contributed by atoms with Gasteiger partial charge in [0.15, 0.2) is 0 Å². The van der Waals surface area contributed by atoms with Gasteiger partial charge in [0.05, 0.1) is 11.0 Å². The molecule has 0 bridgehead atoms. The van der Waals surface area contributed by atoms with Gasteiger partial charge in [-0.05, 0) is 31.0 Å². The molecule has 0 unspecified atom stereocenters. The third kappa shape index (κ3) is 3.51. The van der Waals surface area contributed by atoms with Crippen LogP contribution >= 0.6 is 11.6 Å². The third-order valence-electron chi connectivity index (χ3n) is 3.61. The Morgan fingerprint density at radius 1 is 1.20 bits per heavy atom. The van der Waals surface area contributed by atoms with E-state index in [4.69, 9.17) is 11.6 Å². The van der Waals surface area contributed by atoms with Gasteiger partial charge in [0.2, 0.25) is 10.0 Å². The van der Waals surface area contributed by atoms with Gasteiger partial charge >= 0.3 is 0 Å². The minimum absolute atomic E-state index is 0.101. The lowest BCUT2D eigenvalue weighted by Gasteiger charge is -2.26. The highest BCUT2D eigenvalue weighted by atomic mass is 35.5. The molecular weight excluding hydrogens is 296 g/mol. The largest absolute Gasteiger partial charge is 0.241 e. The molecule has 0 aromatic heterocycles. The van der Waals surface area contributed by atoms with E-state index < -0.39 is 15.6 Å². The maximum Gasteiger partial charge on any atom is 0.241 e. The second kappa shape index (κ2) is 6.13. The Kier molecular flexibility index (Phi) is 4.69. The quantitative estimate of drug-likeness (QED) is 0.871. The molecule has 108 valence electrons. The van der Waals surface area contributed by atoms with Crippen molar-refractivity contribution in [2.75, 3.05) is 0 Å². The molecule has 1 N–H and O–H groups in total. The summed E-state index contributed by atoms with van der Waals surface area (Å²) in [6.45, 7) is 0. The summed E-state index contributed by atoms with van der Waals surface area (Å²) in [4.78, 5) is 0.101. The first-order valence-electron chi connectivity index (χ1n) is 6.68.